The van der Waals surface area contributed by atoms with Crippen molar-refractivity contribution < 1.29 is 19.5 Å². The molecule has 0 fully saturated rings. The van der Waals surface area contributed by atoms with Gasteiger partial charge in [0.1, 0.15) is 0 Å². The van der Waals surface area contributed by atoms with Gasteiger partial charge in [-0.3, -0.25) is 4.79 Å². The molecule has 1 aromatic rings. The first-order valence-corrected chi connectivity index (χ1v) is 6.39. The van der Waals surface area contributed by atoms with E-state index in [4.69, 9.17) is 14.7 Å². The summed E-state index contributed by atoms with van der Waals surface area (Å²) in [6, 6.07) is 7.10. The first kappa shape index (κ1) is 16.1. The fourth-order valence-corrected chi connectivity index (χ4v) is 1.71. The summed E-state index contributed by atoms with van der Waals surface area (Å²) < 4.78 is 10.8. The maximum Gasteiger partial charge on any atom is 0.273 e. The predicted molar refractivity (Wildman–Crippen MR) is 74.7 cm³/mol. The zero-order valence-electron chi connectivity index (χ0n) is 11.9. The number of hydrogen-bond acceptors (Lipinski definition) is 5. The van der Waals surface area contributed by atoms with Crippen molar-refractivity contribution in [2.24, 2.45) is 5.16 Å². The van der Waals surface area contributed by atoms with Crippen LogP contribution in [0.4, 0.5) is 0 Å². The lowest BCUT2D eigenvalue weighted by molar-refractivity contribution is -0.134. The Balaban J connectivity index is 2.90. The molecule has 1 aromatic carbocycles. The van der Waals surface area contributed by atoms with Gasteiger partial charge in [-0.2, -0.15) is 0 Å². The van der Waals surface area contributed by atoms with Crippen LogP contribution in [0, 0.1) is 0 Å². The second-order valence-electron chi connectivity index (χ2n) is 4.02. The molecule has 20 heavy (non-hydrogen) atoms. The van der Waals surface area contributed by atoms with Gasteiger partial charge in [0.05, 0.1) is 6.61 Å². The first-order chi connectivity index (χ1) is 9.63. The number of likely N-dealkylation sites (N-methyl/N-ethyl adjacent to an activating group) is 1. The molecule has 2 N–H and O–H groups in total. The molecule has 1 unspecified atom stereocenters. The monoisotopic (exact) mass is 280 g/mol. The second kappa shape index (κ2) is 8.29. The highest BCUT2D eigenvalue weighted by Gasteiger charge is 2.17. The third-order valence-corrected chi connectivity index (χ3v) is 2.69. The smallest absolute Gasteiger partial charge is 0.273 e. The number of nitrogens with zero attached hydrogens (tertiary/aromatic N) is 1. The summed E-state index contributed by atoms with van der Waals surface area (Å²) in [5.41, 5.74) is 1.23. The van der Waals surface area contributed by atoms with Crippen LogP contribution in [0.2, 0.25) is 0 Å². The highest BCUT2D eigenvalue weighted by molar-refractivity contribution is 6.45. The summed E-state index contributed by atoms with van der Waals surface area (Å²) in [5, 5.41) is 14.5. The topological polar surface area (TPSA) is 80.2 Å². The van der Waals surface area contributed by atoms with Crippen LogP contribution in [0.15, 0.2) is 29.4 Å². The van der Waals surface area contributed by atoms with Gasteiger partial charge < -0.3 is 20.0 Å². The average Bonchev–Trinajstić information content (AvgIpc) is 2.47. The minimum absolute atomic E-state index is 0.0456. The van der Waals surface area contributed by atoms with E-state index in [0.717, 1.165) is 5.56 Å². The van der Waals surface area contributed by atoms with Crippen molar-refractivity contribution in [2.75, 3.05) is 13.7 Å². The Morgan fingerprint density at radius 2 is 2.10 bits per heavy atom. The van der Waals surface area contributed by atoms with Gasteiger partial charge >= 0.3 is 0 Å². The van der Waals surface area contributed by atoms with Gasteiger partial charge in [0.2, 0.25) is 0 Å². The molecule has 0 aromatic heterocycles. The number of ether oxygens (including phenoxy) is 2. The Morgan fingerprint density at radius 3 is 2.70 bits per heavy atom. The number of amides is 1. The molecule has 6 heteroatoms. The molecule has 0 aliphatic carbocycles. The van der Waals surface area contributed by atoms with Crippen LogP contribution in [0.5, 0.6) is 0 Å². The fourth-order valence-electron chi connectivity index (χ4n) is 1.71. The maximum absolute atomic E-state index is 11.7. The Bertz CT molecular complexity index is 474. The summed E-state index contributed by atoms with van der Waals surface area (Å²) in [4.78, 5) is 11.7. The van der Waals surface area contributed by atoms with Crippen LogP contribution in [-0.4, -0.2) is 36.8 Å². The molecule has 110 valence electrons. The van der Waals surface area contributed by atoms with Crippen LogP contribution >= 0.6 is 0 Å². The number of benzene rings is 1. The van der Waals surface area contributed by atoms with Gasteiger partial charge in [0.15, 0.2) is 12.0 Å². The van der Waals surface area contributed by atoms with Crippen molar-refractivity contribution in [3.05, 3.63) is 35.4 Å². The lowest BCUT2D eigenvalue weighted by atomic mass is 10.0. The minimum atomic E-state index is -0.460. The molecule has 1 rings (SSSR count). The maximum atomic E-state index is 11.7. The fraction of sp³-hybridized carbons (Fsp3) is 0.429. The minimum Gasteiger partial charge on any atom is -0.410 e. The van der Waals surface area contributed by atoms with Crippen LogP contribution in [0.1, 0.15) is 25.0 Å². The normalized spacial score (nSPS) is 13.1. The Morgan fingerprint density at radius 1 is 1.40 bits per heavy atom. The number of carbonyl (C=O) groups is 1. The van der Waals surface area contributed by atoms with Crippen molar-refractivity contribution >= 4 is 11.6 Å². The summed E-state index contributed by atoms with van der Waals surface area (Å²) in [6.07, 6.45) is -0.345. The molecule has 0 spiro atoms. The molecule has 1 amide bonds. The van der Waals surface area contributed by atoms with Crippen molar-refractivity contribution in [3.8, 4) is 0 Å². The Hall–Kier alpha value is -1.92. The number of hydrogen-bond donors (Lipinski definition) is 2. The van der Waals surface area contributed by atoms with Crippen LogP contribution in [0.25, 0.3) is 0 Å². The third-order valence-electron chi connectivity index (χ3n) is 2.69. The Labute approximate surface area is 118 Å². The van der Waals surface area contributed by atoms with E-state index in [1.54, 1.807) is 19.1 Å². The molecule has 0 radical (unpaired) electrons. The quantitative estimate of drug-likeness (QED) is 0.343. The molecule has 0 saturated carbocycles. The molecular formula is C14H20N2O4. The molecule has 0 heterocycles. The van der Waals surface area contributed by atoms with E-state index in [0.29, 0.717) is 12.2 Å². The number of rotatable bonds is 7. The highest BCUT2D eigenvalue weighted by atomic mass is 16.7. The van der Waals surface area contributed by atoms with Gasteiger partial charge in [-0.15, -0.1) is 0 Å². The van der Waals surface area contributed by atoms with Crippen LogP contribution in [-0.2, 0) is 20.9 Å². The lowest BCUT2D eigenvalue weighted by Gasteiger charge is -2.15. The van der Waals surface area contributed by atoms with E-state index in [1.165, 1.54) is 7.05 Å². The second-order valence-corrected chi connectivity index (χ2v) is 4.02. The molecule has 6 nitrogen and oxygen atoms in total. The van der Waals surface area contributed by atoms with E-state index >= 15 is 0 Å². The molecule has 0 bridgehead atoms. The molecule has 0 saturated heterocycles. The van der Waals surface area contributed by atoms with Gasteiger partial charge in [-0.25, -0.2) is 0 Å². The summed E-state index contributed by atoms with van der Waals surface area (Å²) in [6.45, 7) is 4.50. The predicted octanol–water partition coefficient (Wildman–Crippen LogP) is 1.51. The summed E-state index contributed by atoms with van der Waals surface area (Å²) in [7, 11) is 1.48. The molecule has 1 atom stereocenters. The van der Waals surface area contributed by atoms with Gasteiger partial charge in [-0.1, -0.05) is 29.4 Å². The summed E-state index contributed by atoms with van der Waals surface area (Å²) >= 11 is 0. The zero-order valence-corrected chi connectivity index (χ0v) is 11.9. The van der Waals surface area contributed by atoms with Crippen LogP contribution in [0.3, 0.4) is 0 Å². The Kier molecular flexibility index (Phi) is 6.69. The van der Waals surface area contributed by atoms with Gasteiger partial charge in [0, 0.05) is 19.2 Å². The van der Waals surface area contributed by atoms with E-state index in [-0.39, 0.29) is 18.6 Å². The standard InChI is InChI=1S/C14H20N2O4/c1-4-19-10(2)20-9-11-7-5-6-8-12(11)13(16-18)14(17)15-3/h5-8,10,18H,4,9H2,1-3H3,(H,15,17). The van der Waals surface area contributed by atoms with E-state index in [9.17, 15) is 4.79 Å². The SMILES string of the molecule is CCOC(C)OCc1ccccc1C(=NO)C(=O)NC. The van der Waals surface area contributed by atoms with Crippen molar-refractivity contribution in [1.29, 1.82) is 0 Å². The van der Waals surface area contributed by atoms with E-state index in [1.807, 2.05) is 19.1 Å². The largest absolute Gasteiger partial charge is 0.410 e. The molecular weight excluding hydrogens is 260 g/mol. The number of carbonyl (C=O) groups excluding carboxylic acids is 1. The lowest BCUT2D eigenvalue weighted by Crippen LogP contribution is -2.29. The third kappa shape index (κ3) is 4.32. The van der Waals surface area contributed by atoms with Crippen LogP contribution < -0.4 is 5.32 Å². The van der Waals surface area contributed by atoms with E-state index in [2.05, 4.69) is 10.5 Å². The van der Waals surface area contributed by atoms with Gasteiger partial charge in [-0.05, 0) is 19.4 Å². The number of nitrogens with one attached hydrogen (secondary N) is 1. The molecule has 0 aliphatic heterocycles. The molecule has 0 aliphatic rings. The van der Waals surface area contributed by atoms with Crippen molar-refractivity contribution in [1.82, 2.24) is 5.32 Å². The first-order valence-electron chi connectivity index (χ1n) is 6.39. The average molecular weight is 280 g/mol. The van der Waals surface area contributed by atoms with Crippen molar-refractivity contribution in [3.63, 3.8) is 0 Å². The highest BCUT2D eigenvalue weighted by Crippen LogP contribution is 2.13. The zero-order chi connectivity index (χ0) is 15.0. The number of oxime groups is 1. The van der Waals surface area contributed by atoms with E-state index < -0.39 is 5.91 Å². The summed E-state index contributed by atoms with van der Waals surface area (Å²) in [5.74, 6) is -0.460. The van der Waals surface area contributed by atoms with Gasteiger partial charge in [0.25, 0.3) is 5.91 Å². The van der Waals surface area contributed by atoms with Crippen molar-refractivity contribution in [2.45, 2.75) is 26.7 Å².